The Morgan fingerprint density at radius 2 is 1.98 bits per heavy atom. The molecule has 0 bridgehead atoms. The molecule has 1 N–H and O–H groups in total. The van der Waals surface area contributed by atoms with E-state index in [0.29, 0.717) is 34.9 Å². The van der Waals surface area contributed by atoms with Crippen LogP contribution in [0.4, 0.5) is 10.2 Å². The number of nitrogens with zero attached hydrogens (tertiary/aromatic N) is 6. The van der Waals surface area contributed by atoms with E-state index in [1.54, 1.807) is 23.2 Å². The molecule has 9 nitrogen and oxygen atoms in total. The minimum Gasteiger partial charge on any atom is -0.467 e. The van der Waals surface area contributed by atoms with Crippen molar-refractivity contribution in [3.05, 3.63) is 66.1 Å². The van der Waals surface area contributed by atoms with E-state index in [0.717, 1.165) is 36.2 Å². The fraction of sp³-hybridized carbons (Fsp3) is 0.394. The Balaban J connectivity index is 0.000000323. The zero-order valence-electron chi connectivity index (χ0n) is 24.9. The van der Waals surface area contributed by atoms with Gasteiger partial charge >= 0.3 is 6.01 Å². The Morgan fingerprint density at radius 3 is 2.73 bits per heavy atom. The number of carbonyl (C=O) groups is 1. The van der Waals surface area contributed by atoms with Crippen LogP contribution in [0.3, 0.4) is 0 Å². The molecule has 5 heterocycles. The molecule has 2 aromatic heterocycles. The van der Waals surface area contributed by atoms with E-state index in [9.17, 15) is 9.90 Å². The number of benzene rings is 2. The third-order valence-electron chi connectivity index (χ3n) is 8.96. The molecule has 1 amide bonds. The molecule has 11 heteroatoms. The highest BCUT2D eigenvalue weighted by molar-refractivity contribution is 6.36. The van der Waals surface area contributed by atoms with Gasteiger partial charge in [0.25, 0.3) is 0 Å². The number of aromatic nitrogens is 3. The molecule has 3 fully saturated rings. The molecule has 0 aliphatic carbocycles. The van der Waals surface area contributed by atoms with Gasteiger partial charge in [-0.15, -0.1) is 0 Å². The number of halogens is 2. The Labute approximate surface area is 260 Å². The van der Waals surface area contributed by atoms with Crippen LogP contribution in [0.15, 0.2) is 55.3 Å². The number of likely N-dealkylation sites (tertiary alicyclic amines) is 1. The Kier molecular flexibility index (Phi) is 8.66. The summed E-state index contributed by atoms with van der Waals surface area (Å²) in [7, 11) is 3.31. The van der Waals surface area contributed by atoms with Gasteiger partial charge in [0.05, 0.1) is 18.6 Å². The van der Waals surface area contributed by atoms with Gasteiger partial charge < -0.3 is 19.6 Å². The molecule has 3 saturated heterocycles. The van der Waals surface area contributed by atoms with Crippen LogP contribution in [0.25, 0.3) is 32.9 Å². The van der Waals surface area contributed by atoms with Gasteiger partial charge in [0.1, 0.15) is 17.0 Å². The number of likely N-dealkylation sites (N-methyl/N-ethyl adjacent to an activating group) is 1. The van der Waals surface area contributed by atoms with E-state index in [4.69, 9.17) is 16.3 Å². The van der Waals surface area contributed by atoms with Crippen LogP contribution in [0, 0.1) is 5.82 Å². The third kappa shape index (κ3) is 5.69. The number of hydrogen-bond acceptors (Lipinski definition) is 8. The highest BCUT2D eigenvalue weighted by Crippen LogP contribution is 2.37. The minimum atomic E-state index is -0.583. The first-order valence-electron chi connectivity index (χ1n) is 14.9. The van der Waals surface area contributed by atoms with Crippen molar-refractivity contribution in [1.82, 2.24) is 24.8 Å². The van der Waals surface area contributed by atoms with Gasteiger partial charge in [0.2, 0.25) is 5.91 Å². The highest BCUT2D eigenvalue weighted by atomic mass is 35.5. The van der Waals surface area contributed by atoms with E-state index in [-0.39, 0.29) is 35.3 Å². The smallest absolute Gasteiger partial charge is 0.318 e. The van der Waals surface area contributed by atoms with Crippen molar-refractivity contribution in [2.45, 2.75) is 43.9 Å². The summed E-state index contributed by atoms with van der Waals surface area (Å²) >= 11 is 6.48. The number of aliphatic hydroxyl groups is 1. The van der Waals surface area contributed by atoms with E-state index >= 15 is 4.39 Å². The van der Waals surface area contributed by atoms with E-state index in [1.807, 2.05) is 36.2 Å². The highest BCUT2D eigenvalue weighted by Gasteiger charge is 2.34. The second-order valence-corrected chi connectivity index (χ2v) is 12.0. The van der Waals surface area contributed by atoms with Crippen LogP contribution >= 0.6 is 11.6 Å². The van der Waals surface area contributed by atoms with E-state index < -0.39 is 5.82 Å². The summed E-state index contributed by atoms with van der Waals surface area (Å²) in [5.41, 5.74) is 0.827. The van der Waals surface area contributed by atoms with Crippen LogP contribution in [-0.4, -0.2) is 94.3 Å². The third-order valence-corrected chi connectivity index (χ3v) is 9.27. The van der Waals surface area contributed by atoms with Crippen molar-refractivity contribution in [1.29, 1.82) is 0 Å². The quantitative estimate of drug-likeness (QED) is 0.309. The molecule has 3 aliphatic rings. The summed E-state index contributed by atoms with van der Waals surface area (Å²) in [6.07, 6.45) is 7.30. The number of carbonyl (C=O) groups excluding carboxylic acids is 1. The van der Waals surface area contributed by atoms with Crippen LogP contribution in [0.5, 0.6) is 6.01 Å². The molecule has 230 valence electrons. The van der Waals surface area contributed by atoms with Gasteiger partial charge in [-0.25, -0.2) is 4.39 Å². The molecule has 0 saturated carbocycles. The molecule has 3 aliphatic heterocycles. The molecule has 0 radical (unpaired) electrons. The predicted molar refractivity (Wildman–Crippen MR) is 171 cm³/mol. The molecule has 4 aromatic rings. The lowest BCUT2D eigenvalue weighted by Crippen LogP contribution is -2.36. The van der Waals surface area contributed by atoms with Crippen molar-refractivity contribution < 1.29 is 19.0 Å². The number of aliphatic hydroxyl groups excluding tert-OH is 1. The molecule has 0 spiro atoms. The fourth-order valence-electron chi connectivity index (χ4n) is 6.68. The molecule has 3 unspecified atom stereocenters. The van der Waals surface area contributed by atoms with Gasteiger partial charge in [-0.05, 0) is 49.8 Å². The lowest BCUT2D eigenvalue weighted by Gasteiger charge is -2.27. The molecular weight excluding hydrogens is 583 g/mol. The summed E-state index contributed by atoms with van der Waals surface area (Å²) < 4.78 is 21.3. The summed E-state index contributed by atoms with van der Waals surface area (Å²) in [5, 5.41) is 11.8. The molecular formula is C33H36ClFN6O3. The lowest BCUT2D eigenvalue weighted by molar-refractivity contribution is -0.125. The van der Waals surface area contributed by atoms with Gasteiger partial charge in [-0.3, -0.25) is 14.7 Å². The number of anilines is 1. The maximum absolute atomic E-state index is 16.0. The minimum absolute atomic E-state index is 0.0127. The summed E-state index contributed by atoms with van der Waals surface area (Å²) in [6, 6.07) is 11.9. The zero-order valence-corrected chi connectivity index (χ0v) is 25.7. The first kappa shape index (κ1) is 30.2. The van der Waals surface area contributed by atoms with Crippen molar-refractivity contribution in [3.8, 4) is 17.3 Å². The standard InChI is InChI=1S/C26H23ClFN5O2.C7H13NO/c1-4-20(34)33-12-11-16(14-33)32(2)25-18-13-29-23(22(28)24(18)30-26(31-25)35-3)17-9-5-7-15-8-6-10-19(27)21(15)17;9-7-4-6-2-1-3-8(6)5-7/h4-10,13,16H,1,11-12,14H2,2-3H3;6-7,9H,1-5H2. The number of fused-ring (bicyclic) bond motifs is 3. The zero-order chi connectivity index (χ0) is 31.0. The van der Waals surface area contributed by atoms with Crippen LogP contribution < -0.4 is 9.64 Å². The molecule has 2 aromatic carbocycles. The first-order valence-corrected chi connectivity index (χ1v) is 15.3. The SMILES string of the molecule is C=CC(=O)N1CCC(N(C)c2nc(OC)nc3c(F)c(-c4cccc5cccc(Cl)c45)ncc23)C1.OC1CC2CCCN2C1. The average molecular weight is 619 g/mol. The maximum Gasteiger partial charge on any atom is 0.318 e. The normalized spacial score (nSPS) is 21.3. The van der Waals surface area contributed by atoms with Crippen molar-refractivity contribution >= 4 is 45.0 Å². The van der Waals surface area contributed by atoms with Gasteiger partial charge in [0.15, 0.2) is 5.82 Å². The average Bonchev–Trinajstić information content (AvgIpc) is 3.78. The van der Waals surface area contributed by atoms with E-state index in [2.05, 4.69) is 26.4 Å². The van der Waals surface area contributed by atoms with Crippen molar-refractivity contribution in [2.75, 3.05) is 45.2 Å². The number of pyridine rings is 1. The van der Waals surface area contributed by atoms with Crippen LogP contribution in [-0.2, 0) is 4.79 Å². The van der Waals surface area contributed by atoms with Crippen LogP contribution in [0.2, 0.25) is 5.02 Å². The number of methoxy groups -OCH3 is 1. The summed E-state index contributed by atoms with van der Waals surface area (Å²) in [4.78, 5) is 31.4. The van der Waals surface area contributed by atoms with Gasteiger partial charge in [0, 0.05) is 60.9 Å². The fourth-order valence-corrected chi connectivity index (χ4v) is 6.97. The lowest BCUT2D eigenvalue weighted by atomic mass is 10.0. The number of amides is 1. The van der Waals surface area contributed by atoms with Crippen molar-refractivity contribution in [2.24, 2.45) is 0 Å². The van der Waals surface area contributed by atoms with Gasteiger partial charge in [-0.1, -0.05) is 48.5 Å². The number of ether oxygens (including phenoxy) is 1. The Morgan fingerprint density at radius 1 is 1.18 bits per heavy atom. The van der Waals surface area contributed by atoms with Crippen molar-refractivity contribution in [3.63, 3.8) is 0 Å². The number of hydrogen-bond donors (Lipinski definition) is 1. The number of rotatable bonds is 5. The second kappa shape index (κ2) is 12.6. The second-order valence-electron chi connectivity index (χ2n) is 11.6. The Hall–Kier alpha value is -3.86. The largest absolute Gasteiger partial charge is 0.467 e. The van der Waals surface area contributed by atoms with Crippen LogP contribution in [0.1, 0.15) is 25.7 Å². The topological polar surface area (TPSA) is 94.9 Å². The summed E-state index contributed by atoms with van der Waals surface area (Å²) in [5.74, 6) is -0.212. The molecule has 3 atom stereocenters. The Bertz CT molecular complexity index is 1700. The molecule has 7 rings (SSSR count). The monoisotopic (exact) mass is 618 g/mol. The van der Waals surface area contributed by atoms with E-state index in [1.165, 1.54) is 32.6 Å². The maximum atomic E-state index is 16.0. The predicted octanol–water partition coefficient (Wildman–Crippen LogP) is 5.08. The van der Waals surface area contributed by atoms with Gasteiger partial charge in [-0.2, -0.15) is 9.97 Å². The first-order chi connectivity index (χ1) is 21.3. The summed E-state index contributed by atoms with van der Waals surface area (Å²) in [6.45, 7) is 6.84. The molecule has 44 heavy (non-hydrogen) atoms.